The van der Waals surface area contributed by atoms with Crippen LogP contribution >= 0.6 is 0 Å². The molecule has 2 aromatic rings. The maximum atomic E-state index is 12.7. The van der Waals surface area contributed by atoms with Crippen LogP contribution in [0.1, 0.15) is 12.7 Å². The number of para-hydroxylation sites is 2. The van der Waals surface area contributed by atoms with Crippen molar-refractivity contribution < 1.29 is 9.53 Å². The van der Waals surface area contributed by atoms with E-state index in [9.17, 15) is 4.79 Å². The fraction of sp³-hybridized carbons (Fsp3) is 0.450. The molecule has 150 valence electrons. The molecule has 1 saturated heterocycles. The molecule has 1 N–H and O–H groups in total. The normalized spacial score (nSPS) is 14.0. The van der Waals surface area contributed by atoms with Gasteiger partial charge in [-0.1, -0.05) is 12.1 Å². The van der Waals surface area contributed by atoms with Crippen LogP contribution in [0.15, 0.2) is 30.3 Å². The second-order valence-corrected chi connectivity index (χ2v) is 6.86. The molecule has 1 aliphatic rings. The second kappa shape index (κ2) is 8.77. The Hall–Kier alpha value is -3.03. The van der Waals surface area contributed by atoms with E-state index < -0.39 is 0 Å². The number of carbonyl (C=O) groups excluding carboxylic acids is 1. The SMILES string of the molecule is CCOc1ccccc1NC(=O)N1CCN(c2cc(N(C)C)nc(C)n2)CC1. The topological polar surface area (TPSA) is 73.8 Å². The molecule has 0 radical (unpaired) electrons. The van der Waals surface area contributed by atoms with E-state index in [1.807, 2.05) is 68.1 Å². The zero-order valence-electron chi connectivity index (χ0n) is 17.0. The van der Waals surface area contributed by atoms with Gasteiger partial charge in [0.05, 0.1) is 12.3 Å². The molecule has 1 aromatic heterocycles. The first-order valence-corrected chi connectivity index (χ1v) is 9.53. The van der Waals surface area contributed by atoms with E-state index in [1.165, 1.54) is 0 Å². The predicted octanol–water partition coefficient (Wildman–Crippen LogP) is 2.60. The molecule has 0 unspecified atom stereocenters. The molecule has 8 nitrogen and oxygen atoms in total. The Morgan fingerprint density at radius 3 is 2.57 bits per heavy atom. The number of aryl methyl sites for hydroxylation is 1. The molecule has 3 rings (SSSR count). The van der Waals surface area contributed by atoms with Crippen molar-refractivity contribution in [3.8, 4) is 5.75 Å². The lowest BCUT2D eigenvalue weighted by Crippen LogP contribution is -2.50. The second-order valence-electron chi connectivity index (χ2n) is 6.86. The Balaban J connectivity index is 1.62. The minimum atomic E-state index is -0.111. The third kappa shape index (κ3) is 4.62. The highest BCUT2D eigenvalue weighted by molar-refractivity contribution is 5.91. The Labute approximate surface area is 166 Å². The van der Waals surface area contributed by atoms with Crippen LogP contribution in [0.4, 0.5) is 22.1 Å². The van der Waals surface area contributed by atoms with Crippen molar-refractivity contribution >= 4 is 23.4 Å². The summed E-state index contributed by atoms with van der Waals surface area (Å²) in [6.07, 6.45) is 0. The van der Waals surface area contributed by atoms with Crippen molar-refractivity contribution in [2.75, 3.05) is 62.0 Å². The van der Waals surface area contributed by atoms with Crippen molar-refractivity contribution in [3.05, 3.63) is 36.2 Å². The molecule has 0 atom stereocenters. The van der Waals surface area contributed by atoms with Crippen LogP contribution in [0.3, 0.4) is 0 Å². The predicted molar refractivity (Wildman–Crippen MR) is 112 cm³/mol. The number of piperazine rings is 1. The highest BCUT2D eigenvalue weighted by atomic mass is 16.5. The number of rotatable bonds is 5. The molecule has 0 aliphatic carbocycles. The highest BCUT2D eigenvalue weighted by Gasteiger charge is 2.23. The van der Waals surface area contributed by atoms with Crippen LogP contribution in [0, 0.1) is 6.92 Å². The smallest absolute Gasteiger partial charge is 0.322 e. The van der Waals surface area contributed by atoms with Crippen molar-refractivity contribution in [2.45, 2.75) is 13.8 Å². The van der Waals surface area contributed by atoms with Crippen LogP contribution in [0.25, 0.3) is 0 Å². The number of hydrogen-bond donors (Lipinski definition) is 1. The van der Waals surface area contributed by atoms with Gasteiger partial charge in [-0.3, -0.25) is 0 Å². The van der Waals surface area contributed by atoms with Crippen molar-refractivity contribution in [3.63, 3.8) is 0 Å². The van der Waals surface area contributed by atoms with Gasteiger partial charge in [0.15, 0.2) is 0 Å². The number of urea groups is 1. The Morgan fingerprint density at radius 1 is 1.18 bits per heavy atom. The molecule has 2 amide bonds. The first-order chi connectivity index (χ1) is 13.5. The van der Waals surface area contributed by atoms with Crippen molar-refractivity contribution in [1.82, 2.24) is 14.9 Å². The molecule has 0 saturated carbocycles. The lowest BCUT2D eigenvalue weighted by atomic mass is 10.3. The summed E-state index contributed by atoms with van der Waals surface area (Å²) in [5, 5.41) is 2.96. The Kier molecular flexibility index (Phi) is 6.18. The highest BCUT2D eigenvalue weighted by Crippen LogP contribution is 2.24. The van der Waals surface area contributed by atoms with E-state index in [-0.39, 0.29) is 6.03 Å². The summed E-state index contributed by atoms with van der Waals surface area (Å²) in [4.78, 5) is 27.7. The van der Waals surface area contributed by atoms with E-state index in [4.69, 9.17) is 4.74 Å². The van der Waals surface area contributed by atoms with E-state index >= 15 is 0 Å². The molecule has 8 heteroatoms. The molecular weight excluding hydrogens is 356 g/mol. The van der Waals surface area contributed by atoms with Gasteiger partial charge < -0.3 is 24.8 Å². The van der Waals surface area contributed by atoms with E-state index in [0.29, 0.717) is 31.1 Å². The lowest BCUT2D eigenvalue weighted by molar-refractivity contribution is 0.208. The maximum absolute atomic E-state index is 12.7. The molecule has 2 heterocycles. The van der Waals surface area contributed by atoms with Gasteiger partial charge in [0.25, 0.3) is 0 Å². The number of nitrogens with zero attached hydrogens (tertiary/aromatic N) is 5. The van der Waals surface area contributed by atoms with E-state index in [1.54, 1.807) is 0 Å². The van der Waals surface area contributed by atoms with Gasteiger partial charge in [0.2, 0.25) is 0 Å². The van der Waals surface area contributed by atoms with Crippen LogP contribution in [0.2, 0.25) is 0 Å². The number of anilines is 3. The summed E-state index contributed by atoms with van der Waals surface area (Å²) >= 11 is 0. The molecule has 0 bridgehead atoms. The van der Waals surface area contributed by atoms with Gasteiger partial charge >= 0.3 is 6.03 Å². The van der Waals surface area contributed by atoms with Crippen LogP contribution < -0.4 is 19.9 Å². The fourth-order valence-electron chi connectivity index (χ4n) is 3.11. The third-order valence-electron chi connectivity index (χ3n) is 4.59. The first-order valence-electron chi connectivity index (χ1n) is 9.53. The lowest BCUT2D eigenvalue weighted by Gasteiger charge is -2.35. The van der Waals surface area contributed by atoms with Crippen molar-refractivity contribution in [1.29, 1.82) is 0 Å². The average molecular weight is 384 g/mol. The number of ether oxygens (including phenoxy) is 1. The summed E-state index contributed by atoms with van der Waals surface area (Å²) in [6.45, 7) is 7.09. The van der Waals surface area contributed by atoms with E-state index in [2.05, 4.69) is 20.2 Å². The summed E-state index contributed by atoms with van der Waals surface area (Å²) < 4.78 is 5.58. The van der Waals surface area contributed by atoms with Gasteiger partial charge in [0, 0.05) is 46.3 Å². The monoisotopic (exact) mass is 384 g/mol. The summed E-state index contributed by atoms with van der Waals surface area (Å²) in [7, 11) is 3.93. The minimum Gasteiger partial charge on any atom is -0.492 e. The number of carbonyl (C=O) groups is 1. The number of amides is 2. The number of benzene rings is 1. The number of hydrogen-bond acceptors (Lipinski definition) is 6. The van der Waals surface area contributed by atoms with Gasteiger partial charge in [-0.2, -0.15) is 0 Å². The Morgan fingerprint density at radius 2 is 1.89 bits per heavy atom. The molecule has 1 aromatic carbocycles. The minimum absolute atomic E-state index is 0.111. The third-order valence-corrected chi connectivity index (χ3v) is 4.59. The van der Waals surface area contributed by atoms with Gasteiger partial charge in [-0.05, 0) is 26.0 Å². The average Bonchev–Trinajstić information content (AvgIpc) is 2.69. The van der Waals surface area contributed by atoms with Crippen molar-refractivity contribution in [2.24, 2.45) is 0 Å². The van der Waals surface area contributed by atoms with Crippen LogP contribution in [0.5, 0.6) is 5.75 Å². The Bertz CT molecular complexity index is 818. The van der Waals surface area contributed by atoms with Crippen LogP contribution in [-0.2, 0) is 0 Å². The zero-order valence-corrected chi connectivity index (χ0v) is 17.0. The van der Waals surface area contributed by atoms with Gasteiger partial charge in [-0.25, -0.2) is 14.8 Å². The maximum Gasteiger partial charge on any atom is 0.322 e. The largest absolute Gasteiger partial charge is 0.492 e. The molecule has 0 spiro atoms. The summed E-state index contributed by atoms with van der Waals surface area (Å²) in [5.41, 5.74) is 0.693. The fourth-order valence-corrected chi connectivity index (χ4v) is 3.11. The number of nitrogens with one attached hydrogen (secondary N) is 1. The quantitative estimate of drug-likeness (QED) is 0.854. The van der Waals surface area contributed by atoms with Gasteiger partial charge in [-0.15, -0.1) is 0 Å². The first kappa shape index (κ1) is 19.7. The molecule has 28 heavy (non-hydrogen) atoms. The summed E-state index contributed by atoms with van der Waals surface area (Å²) in [6, 6.07) is 9.37. The van der Waals surface area contributed by atoms with E-state index in [0.717, 1.165) is 30.5 Å². The molecule has 1 aliphatic heterocycles. The van der Waals surface area contributed by atoms with Crippen LogP contribution in [-0.4, -0.2) is 67.8 Å². The number of aromatic nitrogens is 2. The molecular formula is C20H28N6O2. The summed E-state index contributed by atoms with van der Waals surface area (Å²) in [5.74, 6) is 3.21. The zero-order chi connectivity index (χ0) is 20.1. The standard InChI is InChI=1S/C20H28N6O2/c1-5-28-17-9-7-6-8-16(17)23-20(27)26-12-10-25(11-13-26)19-14-18(24(3)4)21-15(2)22-19/h6-9,14H,5,10-13H2,1-4H3,(H,23,27). The molecule has 1 fully saturated rings. The van der Waals surface area contributed by atoms with Gasteiger partial charge in [0.1, 0.15) is 23.2 Å².